The molecular formula is C17H17NO3S2. The van der Waals surface area contributed by atoms with Crippen molar-refractivity contribution in [2.24, 2.45) is 0 Å². The molecule has 4 nitrogen and oxygen atoms in total. The van der Waals surface area contributed by atoms with Crippen LogP contribution >= 0.6 is 23.1 Å². The van der Waals surface area contributed by atoms with E-state index < -0.39 is 11.4 Å². The number of rotatable bonds is 6. The van der Waals surface area contributed by atoms with E-state index in [2.05, 4.69) is 6.58 Å². The standard InChI is InChI=1S/C17H17NO3S2/c1-3-7-23-12-9-13-17(2,16(20)21)5-6-18(13)14(12)15(19)11-4-8-22-10-11/h3-4,8-10H,1,5-7H2,2H3,(H,20,21). The Morgan fingerprint density at radius 2 is 2.35 bits per heavy atom. The van der Waals surface area contributed by atoms with Crippen molar-refractivity contribution < 1.29 is 14.7 Å². The Bertz CT molecular complexity index is 776. The number of thioether (sulfide) groups is 1. The SMILES string of the molecule is C=CCSc1cc2n(c1C(=O)c1ccsc1)CCC2(C)C(=O)O. The summed E-state index contributed by atoms with van der Waals surface area (Å²) in [6, 6.07) is 3.68. The first kappa shape index (κ1) is 16.1. The van der Waals surface area contributed by atoms with Gasteiger partial charge in [0.05, 0.1) is 0 Å². The highest BCUT2D eigenvalue weighted by molar-refractivity contribution is 7.99. The number of carbonyl (C=O) groups excluding carboxylic acids is 1. The molecule has 1 unspecified atom stereocenters. The third-order valence-electron chi connectivity index (χ3n) is 4.29. The molecule has 1 aliphatic heterocycles. The van der Waals surface area contributed by atoms with Crippen LogP contribution in [0.3, 0.4) is 0 Å². The zero-order valence-electron chi connectivity index (χ0n) is 12.7. The third kappa shape index (κ3) is 2.56. The summed E-state index contributed by atoms with van der Waals surface area (Å²) in [6.07, 6.45) is 2.29. The van der Waals surface area contributed by atoms with Gasteiger partial charge in [-0.25, -0.2) is 0 Å². The Hall–Kier alpha value is -1.79. The summed E-state index contributed by atoms with van der Waals surface area (Å²) in [7, 11) is 0. The molecule has 120 valence electrons. The van der Waals surface area contributed by atoms with Crippen molar-refractivity contribution in [2.75, 3.05) is 5.75 Å². The topological polar surface area (TPSA) is 59.3 Å². The number of hydrogen-bond acceptors (Lipinski definition) is 4. The lowest BCUT2D eigenvalue weighted by atomic mass is 9.86. The summed E-state index contributed by atoms with van der Waals surface area (Å²) in [4.78, 5) is 25.4. The molecule has 3 heterocycles. The van der Waals surface area contributed by atoms with E-state index in [-0.39, 0.29) is 5.78 Å². The fourth-order valence-corrected chi connectivity index (χ4v) is 4.38. The molecule has 0 saturated carbocycles. The lowest BCUT2D eigenvalue weighted by Crippen LogP contribution is -2.29. The van der Waals surface area contributed by atoms with Crippen LogP contribution in [0.5, 0.6) is 0 Å². The van der Waals surface area contributed by atoms with Gasteiger partial charge in [0.2, 0.25) is 5.78 Å². The number of fused-ring (bicyclic) bond motifs is 1. The Morgan fingerprint density at radius 1 is 1.57 bits per heavy atom. The van der Waals surface area contributed by atoms with Gasteiger partial charge in [0.1, 0.15) is 11.1 Å². The van der Waals surface area contributed by atoms with Gasteiger partial charge in [-0.1, -0.05) is 6.08 Å². The van der Waals surface area contributed by atoms with E-state index in [1.807, 2.05) is 21.4 Å². The van der Waals surface area contributed by atoms with E-state index in [4.69, 9.17) is 0 Å². The summed E-state index contributed by atoms with van der Waals surface area (Å²) in [6.45, 7) is 6.00. The maximum atomic E-state index is 12.9. The Kier molecular flexibility index (Phi) is 4.21. The highest BCUT2D eigenvalue weighted by Crippen LogP contribution is 2.41. The molecule has 0 fully saturated rings. The van der Waals surface area contributed by atoms with Crippen LogP contribution < -0.4 is 0 Å². The molecule has 0 radical (unpaired) electrons. The fourth-order valence-electron chi connectivity index (χ4n) is 2.92. The molecule has 0 spiro atoms. The normalized spacial score (nSPS) is 19.5. The van der Waals surface area contributed by atoms with Crippen LogP contribution in [0.1, 0.15) is 35.1 Å². The summed E-state index contributed by atoms with van der Waals surface area (Å²) in [5, 5.41) is 13.3. The Morgan fingerprint density at radius 3 is 2.96 bits per heavy atom. The van der Waals surface area contributed by atoms with Gasteiger partial charge in [-0.2, -0.15) is 11.3 Å². The molecule has 2 aromatic heterocycles. The van der Waals surface area contributed by atoms with Crippen molar-refractivity contribution in [2.45, 2.75) is 30.2 Å². The van der Waals surface area contributed by atoms with Crippen LogP contribution in [-0.2, 0) is 16.8 Å². The van der Waals surface area contributed by atoms with Crippen LogP contribution in [0.15, 0.2) is 40.4 Å². The first-order valence-electron chi connectivity index (χ1n) is 7.27. The van der Waals surface area contributed by atoms with Crippen molar-refractivity contribution in [3.8, 4) is 0 Å². The fraction of sp³-hybridized carbons (Fsp3) is 0.294. The van der Waals surface area contributed by atoms with Crippen molar-refractivity contribution in [3.05, 3.63) is 52.5 Å². The molecule has 2 aromatic rings. The summed E-state index contributed by atoms with van der Waals surface area (Å²) in [5.41, 5.74) is 1.04. The lowest BCUT2D eigenvalue weighted by Gasteiger charge is -2.16. The molecule has 0 saturated heterocycles. The molecule has 0 amide bonds. The number of aliphatic carboxylic acids is 1. The van der Waals surface area contributed by atoms with Gasteiger partial charge < -0.3 is 9.67 Å². The van der Waals surface area contributed by atoms with Gasteiger partial charge >= 0.3 is 5.97 Å². The van der Waals surface area contributed by atoms with Gasteiger partial charge in [0.15, 0.2) is 0 Å². The summed E-state index contributed by atoms with van der Waals surface area (Å²) in [5.74, 6) is -0.209. The van der Waals surface area contributed by atoms with Gasteiger partial charge in [-0.3, -0.25) is 9.59 Å². The van der Waals surface area contributed by atoms with Crippen LogP contribution in [-0.4, -0.2) is 27.2 Å². The monoisotopic (exact) mass is 347 g/mol. The predicted molar refractivity (Wildman–Crippen MR) is 92.7 cm³/mol. The number of aromatic nitrogens is 1. The second kappa shape index (κ2) is 6.02. The Labute approximate surface area is 142 Å². The van der Waals surface area contributed by atoms with E-state index >= 15 is 0 Å². The van der Waals surface area contributed by atoms with E-state index in [9.17, 15) is 14.7 Å². The van der Waals surface area contributed by atoms with E-state index in [1.54, 1.807) is 19.1 Å². The Balaban J connectivity index is 2.13. The molecule has 23 heavy (non-hydrogen) atoms. The average Bonchev–Trinajstić information content (AvgIpc) is 3.22. The second-order valence-corrected chi connectivity index (χ2v) is 7.56. The molecule has 0 aliphatic carbocycles. The van der Waals surface area contributed by atoms with Gasteiger partial charge in [-0.05, 0) is 30.9 Å². The van der Waals surface area contributed by atoms with E-state index in [0.717, 1.165) is 10.6 Å². The molecule has 3 rings (SSSR count). The van der Waals surface area contributed by atoms with Gasteiger partial charge in [0, 0.05) is 33.8 Å². The molecular weight excluding hydrogens is 330 g/mol. The molecule has 0 aromatic carbocycles. The smallest absolute Gasteiger partial charge is 0.315 e. The van der Waals surface area contributed by atoms with Crippen molar-refractivity contribution in [1.82, 2.24) is 4.57 Å². The minimum absolute atomic E-state index is 0.0429. The van der Waals surface area contributed by atoms with E-state index in [0.29, 0.717) is 30.0 Å². The molecule has 6 heteroatoms. The summed E-state index contributed by atoms with van der Waals surface area (Å²) >= 11 is 3.00. The molecule has 1 N–H and O–H groups in total. The lowest BCUT2D eigenvalue weighted by molar-refractivity contribution is -0.143. The van der Waals surface area contributed by atoms with Gasteiger partial charge in [0.25, 0.3) is 0 Å². The highest BCUT2D eigenvalue weighted by atomic mass is 32.2. The number of thiophene rings is 1. The van der Waals surface area contributed by atoms with Crippen molar-refractivity contribution in [1.29, 1.82) is 0 Å². The number of ketones is 1. The highest BCUT2D eigenvalue weighted by Gasteiger charge is 2.44. The second-order valence-electron chi connectivity index (χ2n) is 5.72. The first-order valence-corrected chi connectivity index (χ1v) is 9.20. The largest absolute Gasteiger partial charge is 0.481 e. The quantitative estimate of drug-likeness (QED) is 0.490. The molecule has 0 bridgehead atoms. The zero-order valence-corrected chi connectivity index (χ0v) is 14.4. The maximum absolute atomic E-state index is 12.9. The number of carbonyl (C=O) groups is 2. The number of nitrogens with zero attached hydrogens (tertiary/aromatic N) is 1. The van der Waals surface area contributed by atoms with Crippen LogP contribution in [0.25, 0.3) is 0 Å². The van der Waals surface area contributed by atoms with Crippen molar-refractivity contribution in [3.63, 3.8) is 0 Å². The predicted octanol–water partition coefficient (Wildman–Crippen LogP) is 3.80. The average molecular weight is 347 g/mol. The van der Waals surface area contributed by atoms with Gasteiger partial charge in [-0.15, -0.1) is 18.3 Å². The third-order valence-corrected chi connectivity index (χ3v) is 6.00. The zero-order chi connectivity index (χ0) is 16.6. The van der Waals surface area contributed by atoms with Crippen LogP contribution in [0.2, 0.25) is 0 Å². The van der Waals surface area contributed by atoms with Crippen LogP contribution in [0.4, 0.5) is 0 Å². The maximum Gasteiger partial charge on any atom is 0.315 e. The summed E-state index contributed by atoms with van der Waals surface area (Å²) < 4.78 is 1.89. The number of carboxylic acids is 1. The number of hydrogen-bond donors (Lipinski definition) is 1. The molecule has 1 aliphatic rings. The van der Waals surface area contributed by atoms with Crippen molar-refractivity contribution >= 4 is 34.9 Å². The number of carboxylic acid groups (broad SMARTS) is 1. The first-order chi connectivity index (χ1) is 11.0. The minimum Gasteiger partial charge on any atom is -0.481 e. The van der Waals surface area contributed by atoms with Crippen LogP contribution in [0, 0.1) is 0 Å². The minimum atomic E-state index is -0.934. The van der Waals surface area contributed by atoms with E-state index in [1.165, 1.54) is 23.1 Å². The molecule has 1 atom stereocenters.